The molecule has 2 rings (SSSR count). The zero-order chi connectivity index (χ0) is 23.0. The number of carboxylic acid groups (broad SMARTS) is 1. The SMILES string of the molecule is CC(C)(CNNCc1cc(N=[N+]=[N-])ccc1COC(=O)ON1C(=O)CCC1=O)C(=O)O. The number of hydroxylamine groups is 2. The Morgan fingerprint density at radius 3 is 2.52 bits per heavy atom. The summed E-state index contributed by atoms with van der Waals surface area (Å²) in [6, 6.07) is 4.65. The van der Waals surface area contributed by atoms with Crippen LogP contribution in [0.1, 0.15) is 37.8 Å². The van der Waals surface area contributed by atoms with Crippen LogP contribution in [0.15, 0.2) is 23.3 Å². The van der Waals surface area contributed by atoms with E-state index in [1.807, 2.05) is 0 Å². The number of carbonyl (C=O) groups is 4. The van der Waals surface area contributed by atoms with Crippen molar-refractivity contribution in [1.29, 1.82) is 0 Å². The van der Waals surface area contributed by atoms with E-state index in [0.717, 1.165) is 0 Å². The van der Waals surface area contributed by atoms with E-state index in [9.17, 15) is 19.2 Å². The van der Waals surface area contributed by atoms with E-state index < -0.39 is 29.4 Å². The predicted molar refractivity (Wildman–Crippen MR) is 104 cm³/mol. The molecule has 31 heavy (non-hydrogen) atoms. The second-order valence-corrected chi connectivity index (χ2v) is 7.25. The maximum atomic E-state index is 11.8. The molecular formula is C18H22N6O7. The number of azide groups is 1. The minimum atomic E-state index is -1.22. The summed E-state index contributed by atoms with van der Waals surface area (Å²) >= 11 is 0. The number of hydrazine groups is 1. The fourth-order valence-electron chi connectivity index (χ4n) is 2.44. The lowest BCUT2D eigenvalue weighted by Gasteiger charge is -2.20. The van der Waals surface area contributed by atoms with Crippen molar-refractivity contribution in [3.8, 4) is 0 Å². The number of benzene rings is 1. The molecule has 1 aliphatic rings. The van der Waals surface area contributed by atoms with Crippen molar-refractivity contribution < 1.29 is 33.9 Å². The Hall–Kier alpha value is -3.67. The molecule has 1 saturated heterocycles. The highest BCUT2D eigenvalue weighted by Gasteiger charge is 2.33. The molecule has 1 heterocycles. The van der Waals surface area contributed by atoms with Crippen LogP contribution in [0.4, 0.5) is 10.5 Å². The van der Waals surface area contributed by atoms with E-state index in [2.05, 4.69) is 25.7 Å². The second-order valence-electron chi connectivity index (χ2n) is 7.25. The maximum Gasteiger partial charge on any atom is 0.534 e. The molecule has 0 aromatic heterocycles. The van der Waals surface area contributed by atoms with Gasteiger partial charge in [0.05, 0.1) is 5.41 Å². The van der Waals surface area contributed by atoms with E-state index in [4.69, 9.17) is 15.4 Å². The highest BCUT2D eigenvalue weighted by Crippen LogP contribution is 2.20. The van der Waals surface area contributed by atoms with Gasteiger partial charge in [0.15, 0.2) is 0 Å². The van der Waals surface area contributed by atoms with Crippen molar-refractivity contribution >= 4 is 29.6 Å². The first-order chi connectivity index (χ1) is 14.6. The monoisotopic (exact) mass is 434 g/mol. The Bertz CT molecular complexity index is 910. The Morgan fingerprint density at radius 1 is 1.23 bits per heavy atom. The maximum absolute atomic E-state index is 11.8. The molecule has 1 aromatic carbocycles. The lowest BCUT2D eigenvalue weighted by molar-refractivity contribution is -0.177. The average molecular weight is 434 g/mol. The first-order valence-corrected chi connectivity index (χ1v) is 9.20. The molecular weight excluding hydrogens is 412 g/mol. The van der Waals surface area contributed by atoms with Gasteiger partial charge in [-0.1, -0.05) is 22.3 Å². The van der Waals surface area contributed by atoms with Crippen LogP contribution in [0.25, 0.3) is 10.4 Å². The van der Waals surface area contributed by atoms with Gasteiger partial charge in [-0.25, -0.2) is 4.79 Å². The standard InChI is InChI=1S/C18H22N6O7/c1-18(2,16(27)28)10-21-20-8-12-7-13(22-23-19)4-3-11(12)9-30-17(29)31-24-14(25)5-6-15(24)26/h3-4,7,20-21H,5-6,8-10H2,1-2H3,(H,27,28). The molecule has 0 atom stereocenters. The van der Waals surface area contributed by atoms with Crippen LogP contribution >= 0.6 is 0 Å². The van der Waals surface area contributed by atoms with Crippen LogP contribution in [0.2, 0.25) is 0 Å². The lowest BCUT2D eigenvalue weighted by atomic mass is 9.94. The van der Waals surface area contributed by atoms with Crippen molar-refractivity contribution in [2.45, 2.75) is 39.8 Å². The Morgan fingerprint density at radius 2 is 1.90 bits per heavy atom. The highest BCUT2D eigenvalue weighted by molar-refractivity contribution is 6.01. The largest absolute Gasteiger partial charge is 0.534 e. The van der Waals surface area contributed by atoms with Gasteiger partial charge in [0.1, 0.15) is 6.61 Å². The highest BCUT2D eigenvalue weighted by atomic mass is 16.8. The number of carbonyl (C=O) groups excluding carboxylic acids is 3. The molecule has 13 nitrogen and oxygen atoms in total. The first kappa shape index (κ1) is 23.6. The third kappa shape index (κ3) is 6.67. The molecule has 0 aliphatic carbocycles. The zero-order valence-electron chi connectivity index (χ0n) is 17.0. The van der Waals surface area contributed by atoms with Gasteiger partial charge in [0.2, 0.25) is 0 Å². The molecule has 166 valence electrons. The van der Waals surface area contributed by atoms with E-state index in [1.165, 1.54) is 6.07 Å². The van der Waals surface area contributed by atoms with Crippen molar-refractivity contribution in [3.63, 3.8) is 0 Å². The van der Waals surface area contributed by atoms with Crippen LogP contribution in [-0.2, 0) is 37.1 Å². The molecule has 0 bridgehead atoms. The molecule has 1 aromatic rings. The molecule has 1 aliphatic heterocycles. The van der Waals surface area contributed by atoms with Crippen LogP contribution in [0, 0.1) is 5.41 Å². The van der Waals surface area contributed by atoms with Gasteiger partial charge in [-0.15, -0.1) is 0 Å². The number of hydrogen-bond acceptors (Lipinski definition) is 9. The molecule has 3 N–H and O–H groups in total. The molecule has 13 heteroatoms. The molecule has 0 spiro atoms. The molecule has 1 fully saturated rings. The third-order valence-corrected chi connectivity index (χ3v) is 4.38. The normalized spacial score (nSPS) is 13.7. The summed E-state index contributed by atoms with van der Waals surface area (Å²) in [6.07, 6.45) is -1.29. The number of rotatable bonds is 10. The quantitative estimate of drug-likeness (QED) is 0.0943. The molecule has 2 amide bonds. The summed E-state index contributed by atoms with van der Waals surface area (Å²) in [5, 5.41) is 13.0. The number of aliphatic carboxylic acids is 1. The average Bonchev–Trinajstić information content (AvgIpc) is 3.02. The lowest BCUT2D eigenvalue weighted by Crippen LogP contribution is -2.42. The van der Waals surface area contributed by atoms with Gasteiger partial charge in [-0.2, -0.15) is 0 Å². The van der Waals surface area contributed by atoms with E-state index >= 15 is 0 Å². The van der Waals surface area contributed by atoms with Gasteiger partial charge in [0, 0.05) is 36.5 Å². The van der Waals surface area contributed by atoms with Crippen LogP contribution in [0.5, 0.6) is 0 Å². The summed E-state index contributed by atoms with van der Waals surface area (Å²) < 4.78 is 4.98. The smallest absolute Gasteiger partial charge is 0.481 e. The van der Waals surface area contributed by atoms with Crippen LogP contribution in [-0.4, -0.2) is 40.7 Å². The Kier molecular flexibility index (Phi) is 7.91. The van der Waals surface area contributed by atoms with Crippen molar-refractivity contribution in [3.05, 3.63) is 39.8 Å². The van der Waals surface area contributed by atoms with Crippen molar-refractivity contribution in [2.75, 3.05) is 6.54 Å². The van der Waals surface area contributed by atoms with E-state index in [-0.39, 0.29) is 32.5 Å². The summed E-state index contributed by atoms with van der Waals surface area (Å²) in [6.45, 7) is 3.19. The Balaban J connectivity index is 1.99. The third-order valence-electron chi connectivity index (χ3n) is 4.38. The fraction of sp³-hybridized carbons (Fsp3) is 0.444. The van der Waals surface area contributed by atoms with Crippen molar-refractivity contribution in [2.24, 2.45) is 10.5 Å². The zero-order valence-corrected chi connectivity index (χ0v) is 17.0. The number of imide groups is 1. The van der Waals surface area contributed by atoms with Crippen LogP contribution < -0.4 is 10.9 Å². The molecule has 0 unspecified atom stereocenters. The molecule has 0 radical (unpaired) electrons. The number of ether oxygens (including phenoxy) is 1. The van der Waals surface area contributed by atoms with E-state index in [0.29, 0.717) is 21.9 Å². The van der Waals surface area contributed by atoms with Crippen LogP contribution in [0.3, 0.4) is 0 Å². The minimum Gasteiger partial charge on any atom is -0.481 e. The van der Waals surface area contributed by atoms with E-state index in [1.54, 1.807) is 26.0 Å². The van der Waals surface area contributed by atoms with Gasteiger partial charge in [-0.05, 0) is 36.6 Å². The summed E-state index contributed by atoms with van der Waals surface area (Å²) in [5.74, 6) is -2.21. The van der Waals surface area contributed by atoms with Gasteiger partial charge >= 0.3 is 12.1 Å². The summed E-state index contributed by atoms with van der Waals surface area (Å²) in [4.78, 5) is 53.3. The first-order valence-electron chi connectivity index (χ1n) is 9.20. The minimum absolute atomic E-state index is 0.0332. The number of carboxylic acids is 1. The Labute approximate surface area is 176 Å². The fourth-order valence-corrected chi connectivity index (χ4v) is 2.44. The summed E-state index contributed by atoms with van der Waals surface area (Å²) in [5.41, 5.74) is 14.7. The second kappa shape index (κ2) is 10.4. The number of hydrogen-bond donors (Lipinski definition) is 3. The number of nitrogens with zero attached hydrogens (tertiary/aromatic N) is 4. The molecule has 0 saturated carbocycles. The summed E-state index contributed by atoms with van der Waals surface area (Å²) in [7, 11) is 0. The van der Waals surface area contributed by atoms with Crippen molar-refractivity contribution in [1.82, 2.24) is 15.9 Å². The van der Waals surface area contributed by atoms with Gasteiger partial charge in [-0.3, -0.25) is 30.1 Å². The predicted octanol–water partition coefficient (Wildman–Crippen LogP) is 2.05. The number of amides is 2. The number of nitrogens with one attached hydrogen (secondary N) is 2. The topological polar surface area (TPSA) is 183 Å². The van der Waals surface area contributed by atoms with Gasteiger partial charge < -0.3 is 9.84 Å². The van der Waals surface area contributed by atoms with Gasteiger partial charge in [0.25, 0.3) is 11.8 Å².